The van der Waals surface area contributed by atoms with Gasteiger partial charge in [0.15, 0.2) is 0 Å². The van der Waals surface area contributed by atoms with Crippen molar-refractivity contribution in [3.63, 3.8) is 0 Å². The molecule has 1 N–H and O–H groups in total. The van der Waals surface area contributed by atoms with E-state index in [9.17, 15) is 4.79 Å². The van der Waals surface area contributed by atoms with Crippen molar-refractivity contribution in [1.82, 2.24) is 9.88 Å². The molecule has 0 amide bonds. The number of likely N-dealkylation sites (tertiary alicyclic amines) is 1. The van der Waals surface area contributed by atoms with Crippen molar-refractivity contribution in [3.8, 4) is 5.75 Å². The van der Waals surface area contributed by atoms with Crippen LogP contribution in [0.1, 0.15) is 18.4 Å². The molecule has 4 nitrogen and oxygen atoms in total. The van der Waals surface area contributed by atoms with Gasteiger partial charge >= 0.3 is 0 Å². The molecule has 1 aliphatic rings. The summed E-state index contributed by atoms with van der Waals surface area (Å²) in [6.45, 7) is 2.73. The monoisotopic (exact) mass is 402 g/mol. The number of nitrogens with one attached hydrogen (secondary N) is 1. The lowest BCUT2D eigenvalue weighted by Crippen LogP contribution is -2.37. The molecule has 0 aliphatic carbocycles. The molecule has 3 aromatic rings. The van der Waals surface area contributed by atoms with Crippen LogP contribution in [-0.4, -0.2) is 29.1 Å². The Labute approximate surface area is 167 Å². The average Bonchev–Trinajstić information content (AvgIpc) is 2.66. The number of fused-ring (bicyclic) bond motifs is 1. The van der Waals surface area contributed by atoms with Gasteiger partial charge in [-0.15, -0.1) is 0 Å². The van der Waals surface area contributed by atoms with Crippen LogP contribution in [0.15, 0.2) is 53.5 Å². The van der Waals surface area contributed by atoms with Crippen LogP contribution in [0.5, 0.6) is 5.75 Å². The molecule has 6 heteroatoms. The number of aromatic amines is 1. The summed E-state index contributed by atoms with van der Waals surface area (Å²) in [7, 11) is 0. The first-order valence-corrected chi connectivity index (χ1v) is 9.78. The van der Waals surface area contributed by atoms with E-state index in [0.29, 0.717) is 15.4 Å². The van der Waals surface area contributed by atoms with Gasteiger partial charge in [0, 0.05) is 41.3 Å². The van der Waals surface area contributed by atoms with Gasteiger partial charge in [0.05, 0.1) is 0 Å². The Kier molecular flexibility index (Phi) is 5.39. The van der Waals surface area contributed by atoms with Gasteiger partial charge in [-0.05, 0) is 60.2 Å². The van der Waals surface area contributed by atoms with Crippen molar-refractivity contribution in [1.29, 1.82) is 0 Å². The zero-order valence-corrected chi connectivity index (χ0v) is 16.3. The van der Waals surface area contributed by atoms with Crippen LogP contribution in [0.3, 0.4) is 0 Å². The summed E-state index contributed by atoms with van der Waals surface area (Å²) in [5.74, 6) is 0.812. The normalized spacial score (nSPS) is 15.9. The second kappa shape index (κ2) is 7.93. The number of hydrogen-bond acceptors (Lipinski definition) is 3. The number of ether oxygens (including phenoxy) is 1. The second-order valence-electron chi connectivity index (χ2n) is 6.88. The fraction of sp³-hybridized carbons (Fsp3) is 0.286. The fourth-order valence-corrected chi connectivity index (χ4v) is 3.98. The topological polar surface area (TPSA) is 45.3 Å². The van der Waals surface area contributed by atoms with Crippen LogP contribution in [0, 0.1) is 0 Å². The Morgan fingerprint density at radius 3 is 2.67 bits per heavy atom. The van der Waals surface area contributed by atoms with Crippen molar-refractivity contribution in [2.24, 2.45) is 0 Å². The van der Waals surface area contributed by atoms with E-state index >= 15 is 0 Å². The van der Waals surface area contributed by atoms with E-state index in [2.05, 4.69) is 9.88 Å². The zero-order chi connectivity index (χ0) is 18.8. The first-order chi connectivity index (χ1) is 13.1. The minimum atomic E-state index is -0.0757. The van der Waals surface area contributed by atoms with Crippen molar-refractivity contribution in [2.75, 3.05) is 13.1 Å². The summed E-state index contributed by atoms with van der Waals surface area (Å²) in [6.07, 6.45) is 3.76. The highest BCUT2D eigenvalue weighted by atomic mass is 35.5. The van der Waals surface area contributed by atoms with Crippen LogP contribution >= 0.6 is 23.2 Å². The second-order valence-corrected chi connectivity index (χ2v) is 7.73. The Balaban J connectivity index is 1.36. The third-order valence-electron chi connectivity index (χ3n) is 4.99. The van der Waals surface area contributed by atoms with Gasteiger partial charge in [0.2, 0.25) is 0 Å². The van der Waals surface area contributed by atoms with Crippen LogP contribution in [-0.2, 0) is 6.54 Å². The van der Waals surface area contributed by atoms with E-state index in [-0.39, 0.29) is 11.7 Å². The molecule has 0 unspecified atom stereocenters. The Morgan fingerprint density at radius 1 is 1.07 bits per heavy atom. The number of hydrogen-bond donors (Lipinski definition) is 1. The quantitative estimate of drug-likeness (QED) is 0.676. The number of aromatic nitrogens is 1. The molecule has 0 atom stereocenters. The molecular weight excluding hydrogens is 383 g/mol. The van der Waals surface area contributed by atoms with E-state index in [1.54, 1.807) is 12.3 Å². The van der Waals surface area contributed by atoms with E-state index in [1.165, 1.54) is 0 Å². The SMILES string of the molecule is O=c1[nH]ccc2cc(OC3CCN(Cc4ccc(Cl)cc4Cl)CC3)ccc12. The number of piperidine rings is 1. The largest absolute Gasteiger partial charge is 0.490 e. The summed E-state index contributed by atoms with van der Waals surface area (Å²) in [5, 5.41) is 2.95. The van der Waals surface area contributed by atoms with Gasteiger partial charge in [0.25, 0.3) is 5.56 Å². The highest BCUT2D eigenvalue weighted by Gasteiger charge is 2.21. The van der Waals surface area contributed by atoms with Gasteiger partial charge in [-0.3, -0.25) is 9.69 Å². The van der Waals surface area contributed by atoms with Crippen LogP contribution in [0.4, 0.5) is 0 Å². The van der Waals surface area contributed by atoms with E-state index in [0.717, 1.165) is 49.2 Å². The van der Waals surface area contributed by atoms with E-state index in [1.807, 2.05) is 36.4 Å². The third-order valence-corrected chi connectivity index (χ3v) is 5.58. The maximum Gasteiger partial charge on any atom is 0.255 e. The van der Waals surface area contributed by atoms with E-state index in [4.69, 9.17) is 27.9 Å². The summed E-state index contributed by atoms with van der Waals surface area (Å²) < 4.78 is 6.16. The zero-order valence-electron chi connectivity index (χ0n) is 14.8. The molecule has 0 spiro atoms. The predicted molar refractivity (Wildman–Crippen MR) is 110 cm³/mol. The molecule has 1 aliphatic heterocycles. The lowest BCUT2D eigenvalue weighted by molar-refractivity contribution is 0.0969. The smallest absolute Gasteiger partial charge is 0.255 e. The van der Waals surface area contributed by atoms with Crippen molar-refractivity contribution >= 4 is 34.0 Å². The summed E-state index contributed by atoms with van der Waals surface area (Å²) in [4.78, 5) is 16.9. The maximum absolute atomic E-state index is 11.8. The fourth-order valence-electron chi connectivity index (χ4n) is 3.51. The first kappa shape index (κ1) is 18.4. The summed E-state index contributed by atoms with van der Waals surface area (Å²) in [5.41, 5.74) is 1.02. The molecule has 140 valence electrons. The van der Waals surface area contributed by atoms with Gasteiger partial charge in [-0.25, -0.2) is 0 Å². The van der Waals surface area contributed by atoms with Crippen LogP contribution < -0.4 is 10.3 Å². The number of halogens is 2. The van der Waals surface area contributed by atoms with Crippen LogP contribution in [0.2, 0.25) is 10.0 Å². The van der Waals surface area contributed by atoms with Crippen molar-refractivity contribution in [2.45, 2.75) is 25.5 Å². The minimum absolute atomic E-state index is 0.0757. The van der Waals surface area contributed by atoms with Crippen molar-refractivity contribution < 1.29 is 4.74 Å². The van der Waals surface area contributed by atoms with Crippen molar-refractivity contribution in [3.05, 3.63) is 74.6 Å². The lowest BCUT2D eigenvalue weighted by Gasteiger charge is -2.32. The molecule has 0 bridgehead atoms. The molecule has 0 saturated carbocycles. The molecule has 0 radical (unpaired) electrons. The molecule has 4 rings (SSSR count). The van der Waals surface area contributed by atoms with Gasteiger partial charge in [-0.2, -0.15) is 0 Å². The number of nitrogens with zero attached hydrogens (tertiary/aromatic N) is 1. The molecule has 1 aromatic heterocycles. The summed E-state index contributed by atoms with van der Waals surface area (Å²) in [6, 6.07) is 13.2. The maximum atomic E-state index is 11.8. The van der Waals surface area contributed by atoms with Crippen LogP contribution in [0.25, 0.3) is 10.8 Å². The lowest BCUT2D eigenvalue weighted by atomic mass is 10.1. The molecule has 1 fully saturated rings. The highest BCUT2D eigenvalue weighted by Crippen LogP contribution is 2.25. The highest BCUT2D eigenvalue weighted by molar-refractivity contribution is 6.35. The third kappa shape index (κ3) is 4.29. The first-order valence-electron chi connectivity index (χ1n) is 9.03. The average molecular weight is 403 g/mol. The van der Waals surface area contributed by atoms with E-state index < -0.39 is 0 Å². The van der Waals surface area contributed by atoms with Gasteiger partial charge in [-0.1, -0.05) is 29.3 Å². The minimum Gasteiger partial charge on any atom is -0.490 e. The molecule has 2 heterocycles. The Hall–Kier alpha value is -2.01. The molecule has 27 heavy (non-hydrogen) atoms. The number of H-pyrrole nitrogens is 1. The Morgan fingerprint density at radius 2 is 1.89 bits per heavy atom. The molecule has 1 saturated heterocycles. The van der Waals surface area contributed by atoms with Gasteiger partial charge in [0.1, 0.15) is 11.9 Å². The predicted octanol–water partition coefficient (Wildman–Crippen LogP) is 4.88. The van der Waals surface area contributed by atoms with Gasteiger partial charge < -0.3 is 9.72 Å². The number of benzene rings is 2. The molecular formula is C21H20Cl2N2O2. The number of rotatable bonds is 4. The molecule has 2 aromatic carbocycles. The summed E-state index contributed by atoms with van der Waals surface area (Å²) >= 11 is 12.3. The standard InChI is InChI=1S/C21H20Cl2N2O2/c22-16-2-1-15(20(23)12-16)13-25-9-6-17(7-10-25)27-18-3-4-19-14(11-18)5-8-24-21(19)26/h1-5,8,11-12,17H,6-7,9-10,13H2,(H,24,26). The Bertz CT molecular complexity index is 1010. The number of pyridine rings is 1.